The summed E-state index contributed by atoms with van der Waals surface area (Å²) in [6.45, 7) is 9.09. The molecule has 3 aliphatic rings. The van der Waals surface area contributed by atoms with E-state index in [2.05, 4.69) is 31.9 Å². The van der Waals surface area contributed by atoms with Crippen LogP contribution in [-0.2, 0) is 6.54 Å². The Kier molecular flexibility index (Phi) is 4.51. The first-order valence-electron chi connectivity index (χ1n) is 10.3. The van der Waals surface area contributed by atoms with E-state index in [0.29, 0.717) is 12.4 Å². The molecule has 0 bridgehead atoms. The normalized spacial score (nSPS) is 19.7. The molecule has 0 N–H and O–H groups in total. The number of hydrogen-bond acceptors (Lipinski definition) is 6. The first-order chi connectivity index (χ1) is 13.7. The molecule has 0 spiro atoms. The summed E-state index contributed by atoms with van der Waals surface area (Å²) in [6, 6.07) is 7.11. The van der Waals surface area contributed by atoms with Crippen LogP contribution in [0.4, 0.5) is 5.82 Å². The van der Waals surface area contributed by atoms with Crippen molar-refractivity contribution in [1.29, 1.82) is 0 Å². The summed E-state index contributed by atoms with van der Waals surface area (Å²) >= 11 is 0. The lowest BCUT2D eigenvalue weighted by Gasteiger charge is -2.35. The number of anilines is 1. The second-order valence-electron chi connectivity index (χ2n) is 8.17. The van der Waals surface area contributed by atoms with Crippen molar-refractivity contribution in [3.05, 3.63) is 47.3 Å². The van der Waals surface area contributed by atoms with Gasteiger partial charge in [-0.05, 0) is 38.8 Å². The molecule has 6 nitrogen and oxygen atoms in total. The average molecular weight is 377 g/mol. The summed E-state index contributed by atoms with van der Waals surface area (Å²) in [5.41, 5.74) is 4.42. The van der Waals surface area contributed by atoms with Crippen molar-refractivity contribution >= 4 is 11.5 Å². The molecule has 0 aromatic carbocycles. The van der Waals surface area contributed by atoms with Gasteiger partial charge in [-0.1, -0.05) is 0 Å². The summed E-state index contributed by atoms with van der Waals surface area (Å²) in [5, 5.41) is 0. The van der Waals surface area contributed by atoms with E-state index >= 15 is 0 Å². The first kappa shape index (κ1) is 17.6. The highest BCUT2D eigenvalue weighted by atomic mass is 16.5. The van der Waals surface area contributed by atoms with E-state index in [9.17, 15) is 0 Å². The largest absolute Gasteiger partial charge is 0.475 e. The van der Waals surface area contributed by atoms with Gasteiger partial charge >= 0.3 is 0 Å². The second-order valence-corrected chi connectivity index (χ2v) is 8.17. The van der Waals surface area contributed by atoms with Gasteiger partial charge in [0.25, 0.3) is 0 Å². The van der Waals surface area contributed by atoms with E-state index < -0.39 is 0 Å². The van der Waals surface area contributed by atoms with Crippen LogP contribution in [0.3, 0.4) is 0 Å². The molecule has 0 radical (unpaired) electrons. The molecule has 6 heteroatoms. The Balaban J connectivity index is 1.36. The maximum absolute atomic E-state index is 5.79. The van der Waals surface area contributed by atoms with Gasteiger partial charge in [0.15, 0.2) is 0 Å². The van der Waals surface area contributed by atoms with Crippen molar-refractivity contribution in [1.82, 2.24) is 14.9 Å². The van der Waals surface area contributed by atoms with E-state index in [1.807, 2.05) is 32.3 Å². The van der Waals surface area contributed by atoms with Crippen molar-refractivity contribution in [2.24, 2.45) is 4.99 Å². The number of hydrogen-bond donors (Lipinski definition) is 0. The summed E-state index contributed by atoms with van der Waals surface area (Å²) < 4.78 is 5.79. The van der Waals surface area contributed by atoms with Gasteiger partial charge in [-0.2, -0.15) is 0 Å². The molecule has 2 aromatic rings. The van der Waals surface area contributed by atoms with Crippen molar-refractivity contribution in [2.75, 3.05) is 31.1 Å². The molecule has 2 fully saturated rings. The Morgan fingerprint density at radius 3 is 2.64 bits per heavy atom. The molecule has 0 unspecified atom stereocenters. The lowest BCUT2D eigenvalue weighted by Crippen LogP contribution is -2.47. The van der Waals surface area contributed by atoms with Crippen LogP contribution < -0.4 is 9.64 Å². The zero-order valence-corrected chi connectivity index (χ0v) is 16.6. The smallest absolute Gasteiger partial charge is 0.214 e. The molecule has 2 aliphatic heterocycles. The fourth-order valence-corrected chi connectivity index (χ4v) is 4.11. The molecule has 2 aromatic heterocycles. The van der Waals surface area contributed by atoms with Crippen LogP contribution >= 0.6 is 0 Å². The van der Waals surface area contributed by atoms with E-state index in [-0.39, 0.29) is 6.10 Å². The standard InChI is InChI=1S/C22H27N5O/c1-15(2)28-21-12-19-17(13-24-21)14-25-22(19)16-5-6-23-20(11-16)27-9-7-26(8-10-27)18-3-4-18/h5-6,11-13,15,18H,3-4,7-10,14H2,1-2H3. The van der Waals surface area contributed by atoms with Crippen molar-refractivity contribution in [3.8, 4) is 5.88 Å². The van der Waals surface area contributed by atoms with Crippen molar-refractivity contribution < 1.29 is 4.74 Å². The van der Waals surface area contributed by atoms with Gasteiger partial charge in [-0.25, -0.2) is 9.97 Å². The highest BCUT2D eigenvalue weighted by Crippen LogP contribution is 2.29. The van der Waals surface area contributed by atoms with Crippen LogP contribution in [0.25, 0.3) is 0 Å². The Morgan fingerprint density at radius 1 is 1.07 bits per heavy atom. The molecular formula is C22H27N5O. The zero-order valence-electron chi connectivity index (χ0n) is 16.6. The molecular weight excluding hydrogens is 350 g/mol. The first-order valence-corrected chi connectivity index (χ1v) is 10.3. The summed E-state index contributed by atoms with van der Waals surface area (Å²) in [6.07, 6.45) is 6.66. The maximum atomic E-state index is 5.79. The second kappa shape index (κ2) is 7.17. The minimum Gasteiger partial charge on any atom is -0.475 e. The Morgan fingerprint density at radius 2 is 1.89 bits per heavy atom. The highest BCUT2D eigenvalue weighted by Gasteiger charge is 2.31. The van der Waals surface area contributed by atoms with Crippen LogP contribution in [0.5, 0.6) is 5.88 Å². The topological polar surface area (TPSA) is 53.9 Å². The minimum atomic E-state index is 0.106. The van der Waals surface area contributed by atoms with E-state index in [0.717, 1.165) is 60.4 Å². The monoisotopic (exact) mass is 377 g/mol. The highest BCUT2D eigenvalue weighted by molar-refractivity contribution is 6.15. The van der Waals surface area contributed by atoms with Crippen molar-refractivity contribution in [3.63, 3.8) is 0 Å². The predicted octanol–water partition coefficient (Wildman–Crippen LogP) is 2.90. The van der Waals surface area contributed by atoms with Gasteiger partial charge in [0.2, 0.25) is 5.88 Å². The van der Waals surface area contributed by atoms with Crippen LogP contribution in [0.2, 0.25) is 0 Å². The van der Waals surface area contributed by atoms with Gasteiger partial charge in [-0.15, -0.1) is 0 Å². The Labute approximate surface area is 166 Å². The molecule has 1 saturated carbocycles. The number of rotatable bonds is 5. The lowest BCUT2D eigenvalue weighted by molar-refractivity contribution is 0.232. The van der Waals surface area contributed by atoms with Crippen LogP contribution in [0.1, 0.15) is 43.4 Å². The minimum absolute atomic E-state index is 0.106. The van der Waals surface area contributed by atoms with Crippen LogP contribution in [-0.4, -0.2) is 58.9 Å². The Hall–Kier alpha value is -2.47. The predicted molar refractivity (Wildman–Crippen MR) is 110 cm³/mol. The van der Waals surface area contributed by atoms with E-state index in [4.69, 9.17) is 9.73 Å². The van der Waals surface area contributed by atoms with Gasteiger partial charge in [0.1, 0.15) is 5.82 Å². The molecule has 1 aliphatic carbocycles. The van der Waals surface area contributed by atoms with Gasteiger partial charge < -0.3 is 9.64 Å². The number of nitrogens with zero attached hydrogens (tertiary/aromatic N) is 5. The average Bonchev–Trinajstić information content (AvgIpc) is 3.47. The zero-order chi connectivity index (χ0) is 19.1. The molecule has 28 heavy (non-hydrogen) atoms. The molecule has 5 rings (SSSR count). The third kappa shape index (κ3) is 3.49. The molecule has 146 valence electrons. The van der Waals surface area contributed by atoms with Gasteiger partial charge in [-0.3, -0.25) is 9.89 Å². The van der Waals surface area contributed by atoms with Gasteiger partial charge in [0.05, 0.1) is 18.4 Å². The van der Waals surface area contributed by atoms with Gasteiger partial charge in [0, 0.05) is 67.4 Å². The fourth-order valence-electron chi connectivity index (χ4n) is 4.11. The maximum Gasteiger partial charge on any atom is 0.214 e. The quantitative estimate of drug-likeness (QED) is 0.802. The summed E-state index contributed by atoms with van der Waals surface area (Å²) in [7, 11) is 0. The molecule has 1 saturated heterocycles. The van der Waals surface area contributed by atoms with Crippen LogP contribution in [0.15, 0.2) is 35.6 Å². The number of piperazine rings is 1. The van der Waals surface area contributed by atoms with E-state index in [1.165, 1.54) is 12.8 Å². The van der Waals surface area contributed by atoms with E-state index in [1.54, 1.807) is 0 Å². The summed E-state index contributed by atoms with van der Waals surface area (Å²) in [4.78, 5) is 18.9. The third-order valence-corrected chi connectivity index (χ3v) is 5.70. The summed E-state index contributed by atoms with van der Waals surface area (Å²) in [5.74, 6) is 1.71. The van der Waals surface area contributed by atoms with Crippen molar-refractivity contribution in [2.45, 2.75) is 45.4 Å². The number of ether oxygens (including phenoxy) is 1. The van der Waals surface area contributed by atoms with Crippen LogP contribution in [0, 0.1) is 0 Å². The SMILES string of the molecule is CC(C)Oc1cc2c(cn1)CN=C2c1ccnc(N2CCN(C3CC3)CC2)c1. The lowest BCUT2D eigenvalue weighted by atomic mass is 10.0. The number of fused-ring (bicyclic) bond motifs is 1. The fraction of sp³-hybridized carbons (Fsp3) is 0.500. The number of aliphatic imine (C=N–C) groups is 1. The molecule has 4 heterocycles. The molecule has 0 amide bonds. The number of pyridine rings is 2. The molecule has 0 atom stereocenters. The third-order valence-electron chi connectivity index (χ3n) is 5.70. The number of aromatic nitrogens is 2. The Bertz CT molecular complexity index is 898.